The predicted octanol–water partition coefficient (Wildman–Crippen LogP) is 16.5. The van der Waals surface area contributed by atoms with Crippen molar-refractivity contribution in [1.29, 1.82) is 0 Å². The van der Waals surface area contributed by atoms with E-state index >= 15 is 0 Å². The highest BCUT2D eigenvalue weighted by Crippen LogP contribution is 2.24. The second-order valence-corrected chi connectivity index (χ2v) is 14.5. The summed E-state index contributed by atoms with van der Waals surface area (Å²) < 4.78 is 0. The summed E-state index contributed by atoms with van der Waals surface area (Å²) >= 11 is 0. The Morgan fingerprint density at radius 2 is 0.381 bits per heavy atom. The average Bonchev–Trinajstić information content (AvgIpc) is 3.00. The zero-order chi connectivity index (χ0) is 30.4. The summed E-state index contributed by atoms with van der Waals surface area (Å²) in [5.41, 5.74) is 0. The van der Waals surface area contributed by atoms with Crippen LogP contribution in [0.15, 0.2) is 0 Å². The van der Waals surface area contributed by atoms with E-state index in [2.05, 4.69) is 20.8 Å². The van der Waals surface area contributed by atoms with Crippen LogP contribution in [0.3, 0.4) is 0 Å². The Morgan fingerprint density at radius 3 is 0.571 bits per heavy atom. The van der Waals surface area contributed by atoms with Gasteiger partial charge >= 0.3 is 0 Å². The lowest BCUT2D eigenvalue weighted by molar-refractivity contribution is 0.376. The van der Waals surface area contributed by atoms with Crippen LogP contribution in [0.25, 0.3) is 0 Å². The Balaban J connectivity index is 3.34. The highest BCUT2D eigenvalue weighted by Gasteiger charge is 2.07. The molecule has 0 aromatic heterocycles. The molecular formula is C42H86. The first-order chi connectivity index (χ1) is 20.8. The van der Waals surface area contributed by atoms with Crippen LogP contribution in [0.2, 0.25) is 0 Å². The van der Waals surface area contributed by atoms with Gasteiger partial charge in [-0.3, -0.25) is 0 Å². The van der Waals surface area contributed by atoms with E-state index in [4.69, 9.17) is 0 Å². The highest BCUT2D eigenvalue weighted by atomic mass is 14.1. The van der Waals surface area contributed by atoms with E-state index in [0.717, 1.165) is 5.92 Å². The summed E-state index contributed by atoms with van der Waals surface area (Å²) in [4.78, 5) is 0. The molecular weight excluding hydrogens is 504 g/mol. The molecule has 42 heavy (non-hydrogen) atoms. The second-order valence-electron chi connectivity index (χ2n) is 14.5. The van der Waals surface area contributed by atoms with Crippen LogP contribution in [-0.2, 0) is 0 Å². The molecule has 1 unspecified atom stereocenters. The molecule has 254 valence electrons. The van der Waals surface area contributed by atoms with Gasteiger partial charge in [0, 0.05) is 0 Å². The fourth-order valence-electron chi connectivity index (χ4n) is 7.16. The van der Waals surface area contributed by atoms with Crippen LogP contribution in [0.5, 0.6) is 0 Å². The third-order valence-corrected chi connectivity index (χ3v) is 10.1. The molecule has 1 atom stereocenters. The zero-order valence-corrected chi connectivity index (χ0v) is 30.4. The first-order valence-corrected chi connectivity index (χ1v) is 20.8. The third kappa shape index (κ3) is 36.2. The minimum absolute atomic E-state index is 1.03. The Bertz CT molecular complexity index is 439. The molecule has 0 fully saturated rings. The first kappa shape index (κ1) is 42.0. The van der Waals surface area contributed by atoms with Crippen LogP contribution in [0.1, 0.15) is 265 Å². The number of unbranched alkanes of at least 4 members (excludes halogenated alkanes) is 32. The van der Waals surface area contributed by atoms with Crippen molar-refractivity contribution in [2.75, 3.05) is 0 Å². The van der Waals surface area contributed by atoms with Crippen molar-refractivity contribution in [3.8, 4) is 0 Å². The third-order valence-electron chi connectivity index (χ3n) is 10.1. The van der Waals surface area contributed by atoms with Gasteiger partial charge in [-0.05, 0) is 5.92 Å². The van der Waals surface area contributed by atoms with Crippen molar-refractivity contribution in [2.24, 2.45) is 5.92 Å². The number of hydrogen-bond donors (Lipinski definition) is 0. The highest BCUT2D eigenvalue weighted by molar-refractivity contribution is 4.61. The minimum atomic E-state index is 1.03. The molecule has 0 heteroatoms. The molecule has 0 amide bonds. The van der Waals surface area contributed by atoms with Gasteiger partial charge in [-0.25, -0.2) is 0 Å². The molecule has 0 aromatic rings. The van der Waals surface area contributed by atoms with Crippen molar-refractivity contribution >= 4 is 0 Å². The van der Waals surface area contributed by atoms with Gasteiger partial charge in [-0.2, -0.15) is 0 Å². The standard InChI is InChI=1S/C42H86/c1-4-7-9-11-13-15-17-19-21-23-24-26-28-30-32-34-36-38-41-42(39-6-3)40-37-35-33-31-29-27-25-22-20-18-16-14-12-10-8-5-2/h42H,4-41H2,1-3H3. The van der Waals surface area contributed by atoms with Gasteiger partial charge in [-0.15, -0.1) is 0 Å². The van der Waals surface area contributed by atoms with Crippen LogP contribution in [0.4, 0.5) is 0 Å². The minimum Gasteiger partial charge on any atom is -0.0654 e. The van der Waals surface area contributed by atoms with Gasteiger partial charge in [0.1, 0.15) is 0 Å². The molecule has 0 spiro atoms. The van der Waals surface area contributed by atoms with Gasteiger partial charge in [0.25, 0.3) is 0 Å². The van der Waals surface area contributed by atoms with Gasteiger partial charge in [0.2, 0.25) is 0 Å². The molecule has 0 aromatic carbocycles. The van der Waals surface area contributed by atoms with Crippen molar-refractivity contribution in [3.05, 3.63) is 0 Å². The molecule has 0 saturated heterocycles. The van der Waals surface area contributed by atoms with Gasteiger partial charge in [0.05, 0.1) is 0 Å². The van der Waals surface area contributed by atoms with E-state index in [1.165, 1.54) is 244 Å². The van der Waals surface area contributed by atoms with E-state index in [1.54, 1.807) is 0 Å². The summed E-state index contributed by atoms with van der Waals surface area (Å²) in [6, 6.07) is 0. The zero-order valence-electron chi connectivity index (χ0n) is 30.4. The van der Waals surface area contributed by atoms with Crippen molar-refractivity contribution < 1.29 is 0 Å². The maximum absolute atomic E-state index is 2.40. The largest absolute Gasteiger partial charge is 0.0654 e. The summed E-state index contributed by atoms with van der Waals surface area (Å²) in [6.07, 6.45) is 56.3. The lowest BCUT2D eigenvalue weighted by Gasteiger charge is -2.16. The molecule has 0 aliphatic carbocycles. The molecule has 0 aliphatic heterocycles. The molecule has 0 nitrogen and oxygen atoms in total. The topological polar surface area (TPSA) is 0 Å². The summed E-state index contributed by atoms with van der Waals surface area (Å²) in [5.74, 6) is 1.03. The molecule has 0 rings (SSSR count). The number of hydrogen-bond acceptors (Lipinski definition) is 0. The Labute approximate surface area is 270 Å². The van der Waals surface area contributed by atoms with Crippen molar-refractivity contribution in [3.63, 3.8) is 0 Å². The lowest BCUT2D eigenvalue weighted by atomic mass is 9.90. The second kappa shape index (κ2) is 39.0. The Morgan fingerprint density at radius 1 is 0.190 bits per heavy atom. The van der Waals surface area contributed by atoms with Crippen LogP contribution < -0.4 is 0 Å². The average molecular weight is 591 g/mol. The lowest BCUT2D eigenvalue weighted by Crippen LogP contribution is -2.00. The van der Waals surface area contributed by atoms with E-state index in [-0.39, 0.29) is 0 Å². The van der Waals surface area contributed by atoms with Crippen LogP contribution >= 0.6 is 0 Å². The van der Waals surface area contributed by atoms with Gasteiger partial charge < -0.3 is 0 Å². The quantitative estimate of drug-likeness (QED) is 0.0627. The molecule has 0 radical (unpaired) electrons. The van der Waals surface area contributed by atoms with Crippen molar-refractivity contribution in [2.45, 2.75) is 265 Å². The smallest absolute Gasteiger partial charge is 0.0414 e. The van der Waals surface area contributed by atoms with E-state index in [0.29, 0.717) is 0 Å². The molecule has 0 bridgehead atoms. The van der Waals surface area contributed by atoms with E-state index in [1.807, 2.05) is 0 Å². The summed E-state index contributed by atoms with van der Waals surface area (Å²) in [5, 5.41) is 0. The Hall–Kier alpha value is 0. The normalized spacial score (nSPS) is 12.4. The predicted molar refractivity (Wildman–Crippen MR) is 196 cm³/mol. The first-order valence-electron chi connectivity index (χ1n) is 20.8. The summed E-state index contributed by atoms with van der Waals surface area (Å²) in [7, 11) is 0. The number of rotatable bonds is 38. The van der Waals surface area contributed by atoms with Crippen LogP contribution in [0, 0.1) is 5.92 Å². The fraction of sp³-hybridized carbons (Fsp3) is 1.00. The summed E-state index contributed by atoms with van der Waals surface area (Å²) in [6.45, 7) is 7.02. The van der Waals surface area contributed by atoms with Crippen LogP contribution in [-0.4, -0.2) is 0 Å². The monoisotopic (exact) mass is 591 g/mol. The SMILES string of the molecule is CCCCCCCCCCCCCCCCCCCCC(CCC)CCCCCCCCCCCCCCCCCC. The van der Waals surface area contributed by atoms with E-state index in [9.17, 15) is 0 Å². The van der Waals surface area contributed by atoms with Gasteiger partial charge in [0.15, 0.2) is 0 Å². The maximum Gasteiger partial charge on any atom is -0.0414 e. The fourth-order valence-corrected chi connectivity index (χ4v) is 7.16. The van der Waals surface area contributed by atoms with Crippen molar-refractivity contribution in [1.82, 2.24) is 0 Å². The molecule has 0 aliphatic rings. The molecule has 0 saturated carbocycles. The molecule has 0 heterocycles. The molecule has 0 N–H and O–H groups in total. The van der Waals surface area contributed by atoms with E-state index < -0.39 is 0 Å². The Kier molecular flexibility index (Phi) is 39.0. The maximum atomic E-state index is 2.40. The van der Waals surface area contributed by atoms with Gasteiger partial charge in [-0.1, -0.05) is 265 Å².